The van der Waals surface area contributed by atoms with Crippen LogP contribution in [0, 0.1) is 25.2 Å². The number of nitriles is 1. The highest BCUT2D eigenvalue weighted by Crippen LogP contribution is 2.18. The number of hydrogen-bond donors (Lipinski definition) is 3. The number of hydrazine groups is 1. The number of nitrogens with zero attached hydrogens (tertiary/aromatic N) is 3. The molecule has 8 heteroatoms. The maximum absolute atomic E-state index is 12.2. The van der Waals surface area contributed by atoms with Gasteiger partial charge >= 0.3 is 0 Å². The molecular formula is C21H24N6O2. The normalized spacial score (nSPS) is 10.7. The Morgan fingerprint density at radius 3 is 2.76 bits per heavy atom. The van der Waals surface area contributed by atoms with E-state index in [9.17, 15) is 9.59 Å². The van der Waals surface area contributed by atoms with E-state index in [0.29, 0.717) is 19.4 Å². The van der Waals surface area contributed by atoms with E-state index >= 15 is 0 Å². The first kappa shape index (κ1) is 20.1. The number of rotatable bonds is 7. The average molecular weight is 392 g/mol. The van der Waals surface area contributed by atoms with Crippen molar-refractivity contribution in [3.05, 3.63) is 53.0 Å². The molecule has 1 aromatic carbocycles. The number of hydrogen-bond acceptors (Lipinski definition) is 4. The number of carbonyl (C=O) groups is 2. The van der Waals surface area contributed by atoms with E-state index in [4.69, 9.17) is 5.26 Å². The first-order valence-electron chi connectivity index (χ1n) is 9.52. The van der Waals surface area contributed by atoms with Crippen LogP contribution in [0.25, 0.3) is 10.9 Å². The quantitative estimate of drug-likeness (QED) is 0.535. The van der Waals surface area contributed by atoms with Gasteiger partial charge in [-0.25, -0.2) is 0 Å². The van der Waals surface area contributed by atoms with Gasteiger partial charge in [0.2, 0.25) is 11.8 Å². The van der Waals surface area contributed by atoms with Gasteiger partial charge in [-0.15, -0.1) is 0 Å². The van der Waals surface area contributed by atoms with Gasteiger partial charge in [0.05, 0.1) is 31.1 Å². The molecule has 0 fully saturated rings. The van der Waals surface area contributed by atoms with E-state index in [-0.39, 0.29) is 24.7 Å². The van der Waals surface area contributed by atoms with Crippen molar-refractivity contribution in [2.24, 2.45) is 0 Å². The fourth-order valence-corrected chi connectivity index (χ4v) is 3.40. The number of carbonyl (C=O) groups excluding carboxylic acids is 2. The summed E-state index contributed by atoms with van der Waals surface area (Å²) in [4.78, 5) is 27.4. The molecule has 0 aliphatic carbocycles. The number of fused-ring (bicyclic) bond motifs is 1. The standard InChI is InChI=1S/C21H24N6O2/c1-14-17(15(2)27(26-14)11-5-10-22)8-9-20(28)24-25-21(29)12-16-13-23-19-7-4-3-6-18(16)19/h3-4,6-7,13,23H,5,8-9,11-12H2,1-2H3,(H,24,28)(H,25,29). The van der Waals surface area contributed by atoms with E-state index in [2.05, 4.69) is 27.0 Å². The lowest BCUT2D eigenvalue weighted by Crippen LogP contribution is -2.42. The molecule has 0 spiro atoms. The number of benzene rings is 1. The van der Waals surface area contributed by atoms with Crippen molar-refractivity contribution in [2.75, 3.05) is 0 Å². The van der Waals surface area contributed by atoms with E-state index in [1.807, 2.05) is 44.3 Å². The summed E-state index contributed by atoms with van der Waals surface area (Å²) in [5.41, 5.74) is 9.63. The van der Waals surface area contributed by atoms with Gasteiger partial charge in [-0.2, -0.15) is 10.4 Å². The highest BCUT2D eigenvalue weighted by atomic mass is 16.2. The van der Waals surface area contributed by atoms with E-state index in [0.717, 1.165) is 33.4 Å². The average Bonchev–Trinajstić information content (AvgIpc) is 3.24. The summed E-state index contributed by atoms with van der Waals surface area (Å²) >= 11 is 0. The second-order valence-corrected chi connectivity index (χ2v) is 6.91. The van der Waals surface area contributed by atoms with Crippen LogP contribution in [0.4, 0.5) is 0 Å². The van der Waals surface area contributed by atoms with Crippen LogP contribution < -0.4 is 10.9 Å². The van der Waals surface area contributed by atoms with Gasteiger partial charge < -0.3 is 4.98 Å². The van der Waals surface area contributed by atoms with Gasteiger partial charge in [-0.3, -0.25) is 25.1 Å². The maximum Gasteiger partial charge on any atom is 0.242 e. The lowest BCUT2D eigenvalue weighted by atomic mass is 10.1. The zero-order valence-electron chi connectivity index (χ0n) is 16.6. The second-order valence-electron chi connectivity index (χ2n) is 6.91. The van der Waals surface area contributed by atoms with Crippen molar-refractivity contribution in [3.8, 4) is 6.07 Å². The number of para-hydroxylation sites is 1. The Morgan fingerprint density at radius 2 is 1.97 bits per heavy atom. The van der Waals surface area contributed by atoms with Gasteiger partial charge in [-0.05, 0) is 37.5 Å². The van der Waals surface area contributed by atoms with E-state index in [1.165, 1.54) is 0 Å². The molecule has 3 aromatic rings. The Labute approximate surface area is 168 Å². The molecule has 3 N–H and O–H groups in total. The Hall–Kier alpha value is -3.60. The van der Waals surface area contributed by atoms with E-state index in [1.54, 1.807) is 4.68 Å². The van der Waals surface area contributed by atoms with Gasteiger partial charge in [0.25, 0.3) is 0 Å². The monoisotopic (exact) mass is 392 g/mol. The smallest absolute Gasteiger partial charge is 0.242 e. The van der Waals surface area contributed by atoms with Crippen LogP contribution in [-0.2, 0) is 29.0 Å². The summed E-state index contributed by atoms with van der Waals surface area (Å²) in [6.45, 7) is 4.37. The van der Waals surface area contributed by atoms with Crippen LogP contribution in [0.3, 0.4) is 0 Å². The number of nitrogens with one attached hydrogen (secondary N) is 3. The highest BCUT2D eigenvalue weighted by molar-refractivity contribution is 5.89. The molecule has 0 atom stereocenters. The van der Waals surface area contributed by atoms with Gasteiger partial charge in [-0.1, -0.05) is 18.2 Å². The van der Waals surface area contributed by atoms with Crippen LogP contribution >= 0.6 is 0 Å². The third-order valence-electron chi connectivity index (χ3n) is 4.94. The minimum Gasteiger partial charge on any atom is -0.361 e. The summed E-state index contributed by atoms with van der Waals surface area (Å²) in [5, 5.41) is 14.1. The second kappa shape index (κ2) is 9.06. The molecule has 0 saturated heterocycles. The third kappa shape index (κ3) is 4.82. The molecule has 0 radical (unpaired) electrons. The summed E-state index contributed by atoms with van der Waals surface area (Å²) in [7, 11) is 0. The number of H-pyrrole nitrogens is 1. The van der Waals surface area contributed by atoms with Gasteiger partial charge in [0, 0.05) is 29.2 Å². The Morgan fingerprint density at radius 1 is 1.21 bits per heavy atom. The minimum absolute atomic E-state index is 0.175. The van der Waals surface area contributed by atoms with Crippen LogP contribution in [-0.4, -0.2) is 26.6 Å². The van der Waals surface area contributed by atoms with Crippen LogP contribution in [0.1, 0.15) is 35.4 Å². The molecule has 0 saturated carbocycles. The number of aromatic nitrogens is 3. The molecule has 2 heterocycles. The first-order chi connectivity index (χ1) is 14.0. The molecule has 2 amide bonds. The predicted octanol–water partition coefficient (Wildman–Crippen LogP) is 2.22. The summed E-state index contributed by atoms with van der Waals surface area (Å²) in [5.74, 6) is -0.541. The lowest BCUT2D eigenvalue weighted by molar-refractivity contribution is -0.128. The molecule has 3 rings (SSSR count). The lowest BCUT2D eigenvalue weighted by Gasteiger charge is -2.08. The van der Waals surface area contributed by atoms with Crippen molar-refractivity contribution in [1.82, 2.24) is 25.6 Å². The molecule has 0 aliphatic rings. The minimum atomic E-state index is -0.278. The Balaban J connectivity index is 1.48. The van der Waals surface area contributed by atoms with Crippen LogP contribution in [0.15, 0.2) is 30.5 Å². The van der Waals surface area contributed by atoms with Crippen molar-refractivity contribution in [3.63, 3.8) is 0 Å². The van der Waals surface area contributed by atoms with Crippen molar-refractivity contribution in [1.29, 1.82) is 5.26 Å². The maximum atomic E-state index is 12.2. The summed E-state index contributed by atoms with van der Waals surface area (Å²) in [6.07, 6.45) is 3.13. The first-order valence-corrected chi connectivity index (χ1v) is 9.52. The van der Waals surface area contributed by atoms with Gasteiger partial charge in [0.15, 0.2) is 0 Å². The van der Waals surface area contributed by atoms with Crippen molar-refractivity contribution in [2.45, 2.75) is 46.1 Å². The summed E-state index contributed by atoms with van der Waals surface area (Å²) in [6, 6.07) is 9.86. The molecule has 0 bridgehead atoms. The molecule has 29 heavy (non-hydrogen) atoms. The molecule has 150 valence electrons. The number of aromatic amines is 1. The largest absolute Gasteiger partial charge is 0.361 e. The van der Waals surface area contributed by atoms with Crippen molar-refractivity contribution < 1.29 is 9.59 Å². The molecule has 0 unspecified atom stereocenters. The fourth-order valence-electron chi connectivity index (χ4n) is 3.40. The zero-order valence-corrected chi connectivity index (χ0v) is 16.6. The van der Waals surface area contributed by atoms with Gasteiger partial charge in [0.1, 0.15) is 0 Å². The van der Waals surface area contributed by atoms with Crippen LogP contribution in [0.5, 0.6) is 0 Å². The molecule has 8 nitrogen and oxygen atoms in total. The topological polar surface area (TPSA) is 116 Å². The summed E-state index contributed by atoms with van der Waals surface area (Å²) < 4.78 is 1.80. The SMILES string of the molecule is Cc1nn(CCC#N)c(C)c1CCC(=O)NNC(=O)Cc1c[nH]c2ccccc12. The number of aryl methyl sites for hydroxylation is 2. The fraction of sp³-hybridized carbons (Fsp3) is 0.333. The highest BCUT2D eigenvalue weighted by Gasteiger charge is 2.14. The number of amides is 2. The predicted molar refractivity (Wildman–Crippen MR) is 109 cm³/mol. The Kier molecular flexibility index (Phi) is 6.29. The molecule has 0 aliphatic heterocycles. The third-order valence-corrected chi connectivity index (χ3v) is 4.94. The van der Waals surface area contributed by atoms with E-state index < -0.39 is 0 Å². The van der Waals surface area contributed by atoms with Crippen molar-refractivity contribution >= 4 is 22.7 Å². The Bertz CT molecular complexity index is 1070. The van der Waals surface area contributed by atoms with Crippen LogP contribution in [0.2, 0.25) is 0 Å². The molecular weight excluding hydrogens is 368 g/mol. The molecule has 2 aromatic heterocycles. The zero-order chi connectivity index (χ0) is 20.8.